The maximum Gasteiger partial charge on any atom is 0.248 e. The van der Waals surface area contributed by atoms with E-state index in [-0.39, 0.29) is 0 Å². The Morgan fingerprint density at radius 2 is 2.12 bits per heavy atom. The Balaban J connectivity index is 1.57. The van der Waals surface area contributed by atoms with Gasteiger partial charge in [0.2, 0.25) is 16.9 Å². The molecule has 0 fully saturated rings. The number of nitrogens with zero attached hydrogens (tertiary/aromatic N) is 4. The fourth-order valence-electron chi connectivity index (χ4n) is 1.78. The largest absolute Gasteiger partial charge is 0.420 e. The Bertz CT molecular complexity index is 795. The zero-order valence-electron chi connectivity index (χ0n) is 12.7. The summed E-state index contributed by atoms with van der Waals surface area (Å²) in [5, 5.41) is 20.3. The molecule has 0 saturated carbocycles. The lowest BCUT2D eigenvalue weighted by Gasteiger charge is -1.98. The first-order valence-corrected chi connectivity index (χ1v) is 9.62. The van der Waals surface area contributed by atoms with Crippen molar-refractivity contribution < 1.29 is 9.15 Å². The number of ether oxygens (including phenoxy) is 1. The molecule has 0 unspecified atom stereocenters. The molecule has 3 rings (SSSR count). The molecule has 2 aromatic heterocycles. The van der Waals surface area contributed by atoms with Crippen LogP contribution in [0.4, 0.5) is 5.13 Å². The number of halogens is 1. The van der Waals surface area contributed by atoms with Gasteiger partial charge < -0.3 is 14.5 Å². The molecule has 0 aliphatic heterocycles. The van der Waals surface area contributed by atoms with Crippen molar-refractivity contribution in [2.24, 2.45) is 0 Å². The summed E-state index contributed by atoms with van der Waals surface area (Å²) in [6, 6.07) is 7.73. The summed E-state index contributed by atoms with van der Waals surface area (Å²) in [5.74, 6) is 1.59. The minimum atomic E-state index is 0.497. The Morgan fingerprint density at radius 3 is 2.96 bits per heavy atom. The van der Waals surface area contributed by atoms with E-state index in [1.54, 1.807) is 7.11 Å². The second kappa shape index (κ2) is 8.56. The molecule has 1 N–H and O–H groups in total. The average molecular weight is 428 g/mol. The standard InChI is InChI=1S/C14H14BrN5O2S2/c1-21-7-6-16-13-19-20-14(24-13)23-8-11-17-18-12(22-11)9-4-2-3-5-10(9)15/h2-5H,6-8H2,1H3,(H,16,19). The predicted octanol–water partition coefficient (Wildman–Crippen LogP) is 3.70. The Kier molecular flexibility index (Phi) is 6.18. The molecular formula is C14H14BrN5O2S2. The molecule has 3 aromatic rings. The van der Waals surface area contributed by atoms with Gasteiger partial charge in [-0.15, -0.1) is 20.4 Å². The van der Waals surface area contributed by atoms with E-state index in [0.29, 0.717) is 30.7 Å². The number of rotatable bonds is 8. The molecule has 24 heavy (non-hydrogen) atoms. The molecule has 0 aliphatic carbocycles. The van der Waals surface area contributed by atoms with Crippen molar-refractivity contribution in [3.05, 3.63) is 34.6 Å². The number of nitrogens with one attached hydrogen (secondary N) is 1. The molecule has 7 nitrogen and oxygen atoms in total. The highest BCUT2D eigenvalue weighted by atomic mass is 79.9. The summed E-state index contributed by atoms with van der Waals surface area (Å²) in [6.45, 7) is 1.33. The van der Waals surface area contributed by atoms with Gasteiger partial charge in [-0.3, -0.25) is 0 Å². The molecule has 1 aromatic carbocycles. The quantitative estimate of drug-likeness (QED) is 0.430. The molecule has 0 aliphatic rings. The third kappa shape index (κ3) is 4.53. The summed E-state index contributed by atoms with van der Waals surface area (Å²) in [5.41, 5.74) is 0.877. The SMILES string of the molecule is COCCNc1nnc(SCc2nnc(-c3ccccc3Br)o2)s1. The molecule has 0 atom stereocenters. The lowest BCUT2D eigenvalue weighted by atomic mass is 10.2. The third-order valence-electron chi connectivity index (χ3n) is 2.88. The van der Waals surface area contributed by atoms with Crippen LogP contribution in [0.5, 0.6) is 0 Å². The van der Waals surface area contributed by atoms with Gasteiger partial charge >= 0.3 is 0 Å². The molecule has 0 radical (unpaired) electrons. The van der Waals surface area contributed by atoms with E-state index in [0.717, 1.165) is 19.5 Å². The highest BCUT2D eigenvalue weighted by molar-refractivity contribution is 9.10. The van der Waals surface area contributed by atoms with E-state index in [4.69, 9.17) is 9.15 Å². The second-order valence-corrected chi connectivity index (χ2v) is 7.62. The Labute approximate surface area is 155 Å². The number of hydrogen-bond acceptors (Lipinski definition) is 9. The van der Waals surface area contributed by atoms with Crippen LogP contribution in [0, 0.1) is 0 Å². The molecule has 126 valence electrons. The van der Waals surface area contributed by atoms with Crippen molar-refractivity contribution in [1.82, 2.24) is 20.4 Å². The van der Waals surface area contributed by atoms with Gasteiger partial charge in [0.05, 0.1) is 17.9 Å². The first-order chi connectivity index (χ1) is 11.8. The van der Waals surface area contributed by atoms with Crippen LogP contribution in [-0.4, -0.2) is 40.7 Å². The van der Waals surface area contributed by atoms with Gasteiger partial charge in [0.1, 0.15) is 0 Å². The minimum Gasteiger partial charge on any atom is -0.420 e. The third-order valence-corrected chi connectivity index (χ3v) is 5.57. The van der Waals surface area contributed by atoms with Gasteiger partial charge in [-0.05, 0) is 28.1 Å². The van der Waals surface area contributed by atoms with Gasteiger partial charge in [0.25, 0.3) is 0 Å². The molecule has 2 heterocycles. The van der Waals surface area contributed by atoms with Crippen molar-refractivity contribution >= 4 is 44.2 Å². The molecule has 0 bridgehead atoms. The molecule has 0 saturated heterocycles. The average Bonchev–Trinajstić information content (AvgIpc) is 3.23. The summed E-state index contributed by atoms with van der Waals surface area (Å²) in [4.78, 5) is 0. The van der Waals surface area contributed by atoms with Crippen LogP contribution in [0.2, 0.25) is 0 Å². The summed E-state index contributed by atoms with van der Waals surface area (Å²) in [7, 11) is 1.66. The summed E-state index contributed by atoms with van der Waals surface area (Å²) >= 11 is 6.48. The lowest BCUT2D eigenvalue weighted by Crippen LogP contribution is -2.06. The van der Waals surface area contributed by atoms with Gasteiger partial charge in [-0.1, -0.05) is 35.2 Å². The highest BCUT2D eigenvalue weighted by Gasteiger charge is 2.12. The number of methoxy groups -OCH3 is 1. The van der Waals surface area contributed by atoms with Crippen molar-refractivity contribution in [2.45, 2.75) is 10.1 Å². The maximum absolute atomic E-state index is 5.71. The number of thioether (sulfide) groups is 1. The van der Waals surface area contributed by atoms with Gasteiger partial charge in [0, 0.05) is 18.1 Å². The molecular weight excluding hydrogens is 414 g/mol. The lowest BCUT2D eigenvalue weighted by molar-refractivity contribution is 0.211. The molecule has 10 heteroatoms. The fraction of sp³-hybridized carbons (Fsp3) is 0.286. The van der Waals surface area contributed by atoms with E-state index < -0.39 is 0 Å². The van der Waals surface area contributed by atoms with E-state index >= 15 is 0 Å². The molecule has 0 spiro atoms. The number of aromatic nitrogens is 4. The monoisotopic (exact) mass is 427 g/mol. The van der Waals surface area contributed by atoms with Gasteiger partial charge in [-0.25, -0.2) is 0 Å². The van der Waals surface area contributed by atoms with Crippen LogP contribution in [0.25, 0.3) is 11.5 Å². The smallest absolute Gasteiger partial charge is 0.248 e. The predicted molar refractivity (Wildman–Crippen MR) is 97.3 cm³/mol. The fourth-order valence-corrected chi connectivity index (χ4v) is 3.85. The number of hydrogen-bond donors (Lipinski definition) is 1. The van der Waals surface area contributed by atoms with E-state index in [9.17, 15) is 0 Å². The topological polar surface area (TPSA) is 86.0 Å². The Morgan fingerprint density at radius 1 is 1.25 bits per heavy atom. The number of benzene rings is 1. The normalized spacial score (nSPS) is 10.9. The Hall–Kier alpha value is -1.49. The van der Waals surface area contributed by atoms with Crippen molar-refractivity contribution in [1.29, 1.82) is 0 Å². The first kappa shape index (κ1) is 17.3. The van der Waals surface area contributed by atoms with Gasteiger partial charge in [0.15, 0.2) is 4.34 Å². The van der Waals surface area contributed by atoms with Crippen LogP contribution >= 0.6 is 39.0 Å². The van der Waals surface area contributed by atoms with Crippen LogP contribution < -0.4 is 5.32 Å². The van der Waals surface area contributed by atoms with Crippen LogP contribution in [0.3, 0.4) is 0 Å². The van der Waals surface area contributed by atoms with Crippen LogP contribution in [-0.2, 0) is 10.5 Å². The zero-order valence-corrected chi connectivity index (χ0v) is 15.9. The van der Waals surface area contributed by atoms with Crippen molar-refractivity contribution in [2.75, 3.05) is 25.6 Å². The second-order valence-electron chi connectivity index (χ2n) is 4.56. The zero-order chi connectivity index (χ0) is 16.8. The van der Waals surface area contributed by atoms with E-state index in [2.05, 4.69) is 41.6 Å². The molecule has 0 amide bonds. The summed E-state index contributed by atoms with van der Waals surface area (Å²) < 4.78 is 12.5. The van der Waals surface area contributed by atoms with Gasteiger partial charge in [-0.2, -0.15) is 0 Å². The maximum atomic E-state index is 5.71. The van der Waals surface area contributed by atoms with E-state index in [1.807, 2.05) is 24.3 Å². The minimum absolute atomic E-state index is 0.497. The van der Waals surface area contributed by atoms with Crippen LogP contribution in [0.1, 0.15) is 5.89 Å². The van der Waals surface area contributed by atoms with Crippen molar-refractivity contribution in [3.8, 4) is 11.5 Å². The number of anilines is 1. The van der Waals surface area contributed by atoms with Crippen LogP contribution in [0.15, 0.2) is 37.5 Å². The first-order valence-electron chi connectivity index (χ1n) is 7.02. The van der Waals surface area contributed by atoms with E-state index in [1.165, 1.54) is 23.1 Å². The van der Waals surface area contributed by atoms with Crippen molar-refractivity contribution in [3.63, 3.8) is 0 Å². The summed E-state index contributed by atoms with van der Waals surface area (Å²) in [6.07, 6.45) is 0. The highest BCUT2D eigenvalue weighted by Crippen LogP contribution is 2.30.